The Morgan fingerprint density at radius 1 is 0.759 bits per heavy atom. The van der Waals surface area contributed by atoms with E-state index in [4.69, 9.17) is 9.47 Å². The van der Waals surface area contributed by atoms with E-state index in [2.05, 4.69) is 13.8 Å². The van der Waals surface area contributed by atoms with E-state index >= 15 is 0 Å². The van der Waals surface area contributed by atoms with Crippen molar-refractivity contribution in [2.75, 3.05) is 13.2 Å². The molecule has 0 aromatic heterocycles. The van der Waals surface area contributed by atoms with Crippen LogP contribution < -0.4 is 0 Å². The fraction of sp³-hybridized carbons (Fsp3) is 0.900. The first-order chi connectivity index (χ1) is 13.3. The third-order valence-electron chi connectivity index (χ3n) is 4.48. The summed E-state index contributed by atoms with van der Waals surface area (Å²) in [5.41, 5.74) is 0. The van der Waals surface area contributed by atoms with Gasteiger partial charge in [-0.1, -0.05) is 78.1 Å². The summed E-state index contributed by atoms with van der Waals surface area (Å²) in [5, 5.41) is -1.93. The molecule has 0 bridgehead atoms. The summed E-state index contributed by atoms with van der Waals surface area (Å²) in [5.74, 6) is -1.93. The Balaban J connectivity index is 0. The number of carbonyl (C=O) groups excluding carboxylic acids is 2. The third kappa shape index (κ3) is 18.1. The molecular formula is C20H38MgO7S. The van der Waals surface area contributed by atoms with Gasteiger partial charge in [0.25, 0.3) is 10.1 Å². The van der Waals surface area contributed by atoms with Crippen LogP contribution in [0.5, 0.6) is 0 Å². The minimum Gasteiger partial charge on any atom is -0.466 e. The highest BCUT2D eigenvalue weighted by atomic mass is 32.2. The molecule has 29 heavy (non-hydrogen) atoms. The van der Waals surface area contributed by atoms with Crippen LogP contribution in [0.25, 0.3) is 0 Å². The molecule has 0 aromatic carbocycles. The van der Waals surface area contributed by atoms with Crippen molar-refractivity contribution in [1.82, 2.24) is 0 Å². The van der Waals surface area contributed by atoms with E-state index in [1.54, 1.807) is 0 Å². The van der Waals surface area contributed by atoms with E-state index in [9.17, 15) is 22.6 Å². The maximum absolute atomic E-state index is 12.0. The Kier molecular flexibility index (Phi) is 20.8. The van der Waals surface area contributed by atoms with Crippen LogP contribution in [0.1, 0.15) is 97.3 Å². The van der Waals surface area contributed by atoms with Gasteiger partial charge >= 0.3 is 11.9 Å². The smallest absolute Gasteiger partial charge is 0.327 e. The van der Waals surface area contributed by atoms with Crippen LogP contribution in [0.2, 0.25) is 0 Å². The van der Waals surface area contributed by atoms with Crippen molar-refractivity contribution in [2.45, 2.75) is 103 Å². The molecule has 0 aliphatic carbocycles. The molecule has 0 rings (SSSR count). The zero-order valence-corrected chi connectivity index (χ0v) is 20.4. The first-order valence-corrected chi connectivity index (χ1v) is 12.1. The average Bonchev–Trinajstić information content (AvgIpc) is 2.63. The van der Waals surface area contributed by atoms with Crippen molar-refractivity contribution in [3.63, 3.8) is 0 Å². The minimum atomic E-state index is -4.73. The van der Waals surface area contributed by atoms with E-state index in [1.165, 1.54) is 6.42 Å². The van der Waals surface area contributed by atoms with Gasteiger partial charge in [-0.15, -0.1) is 0 Å². The van der Waals surface area contributed by atoms with Crippen LogP contribution in [0.3, 0.4) is 0 Å². The van der Waals surface area contributed by atoms with Gasteiger partial charge < -0.3 is 9.47 Å². The molecule has 0 saturated carbocycles. The van der Waals surface area contributed by atoms with Gasteiger partial charge in [0.05, 0.1) is 19.6 Å². The first-order valence-electron chi connectivity index (χ1n) is 10.6. The van der Waals surface area contributed by atoms with Crippen LogP contribution in [-0.2, 0) is 29.2 Å². The molecule has 168 valence electrons. The van der Waals surface area contributed by atoms with Crippen LogP contribution in [0.15, 0.2) is 0 Å². The quantitative estimate of drug-likeness (QED) is 0.146. The third-order valence-corrected chi connectivity index (χ3v) is 5.56. The Bertz CT molecular complexity index is 523. The molecule has 2 radical (unpaired) electrons. The van der Waals surface area contributed by atoms with E-state index in [0.717, 1.165) is 57.8 Å². The second-order valence-electron chi connectivity index (χ2n) is 7.13. The topological polar surface area (TPSA) is 107 Å². The number of carbonyl (C=O) groups is 2. The van der Waals surface area contributed by atoms with Gasteiger partial charge in [0.2, 0.25) is 0 Å². The number of esters is 2. The summed E-state index contributed by atoms with van der Waals surface area (Å²) in [7, 11) is -4.73. The summed E-state index contributed by atoms with van der Waals surface area (Å²) < 4.78 is 42.0. The van der Waals surface area contributed by atoms with E-state index in [1.807, 2.05) is 0 Å². The van der Waals surface area contributed by atoms with Gasteiger partial charge in [-0.2, -0.15) is 8.42 Å². The number of hydrogen-bond acceptors (Lipinski definition) is 6. The molecule has 0 aliphatic heterocycles. The van der Waals surface area contributed by atoms with Crippen LogP contribution in [-0.4, -0.2) is 66.4 Å². The van der Waals surface area contributed by atoms with Crippen molar-refractivity contribution in [1.29, 1.82) is 0 Å². The molecule has 1 unspecified atom stereocenters. The van der Waals surface area contributed by atoms with Crippen molar-refractivity contribution >= 4 is 45.1 Å². The normalized spacial score (nSPS) is 12.1. The standard InChI is InChI=1S/C20H38O7S.Mg/c1-3-5-7-9-11-13-15-26-19(21)17-18(28(23,24)25)20(22)27-16-14-12-10-8-6-4-2;/h18H,3-17H2,1-2H3,(H,23,24,25);. The zero-order valence-electron chi connectivity index (χ0n) is 18.2. The second kappa shape index (κ2) is 19.6. The molecule has 1 atom stereocenters. The van der Waals surface area contributed by atoms with Crippen molar-refractivity contribution in [3.05, 3.63) is 0 Å². The maximum atomic E-state index is 12.0. The van der Waals surface area contributed by atoms with Gasteiger partial charge in [0, 0.05) is 23.1 Å². The SMILES string of the molecule is CCCCCCCCOC(=O)CC(C(=O)OCCCCCCCC)S(=O)(=O)O.[Mg]. The van der Waals surface area contributed by atoms with Crippen LogP contribution in [0.4, 0.5) is 0 Å². The van der Waals surface area contributed by atoms with E-state index < -0.39 is 33.7 Å². The predicted octanol–water partition coefficient (Wildman–Crippen LogP) is 4.06. The summed E-state index contributed by atoms with van der Waals surface area (Å²) >= 11 is 0. The minimum absolute atomic E-state index is 0. The van der Waals surface area contributed by atoms with Crippen molar-refractivity contribution in [2.24, 2.45) is 0 Å². The highest BCUT2D eigenvalue weighted by molar-refractivity contribution is 7.87. The molecule has 0 spiro atoms. The number of unbranched alkanes of at least 4 members (excludes halogenated alkanes) is 10. The first kappa shape index (κ1) is 30.8. The van der Waals surface area contributed by atoms with Gasteiger partial charge in [-0.3, -0.25) is 14.1 Å². The lowest BCUT2D eigenvalue weighted by molar-refractivity contribution is -0.150. The van der Waals surface area contributed by atoms with Crippen molar-refractivity contribution in [3.8, 4) is 0 Å². The summed E-state index contributed by atoms with van der Waals surface area (Å²) in [6.07, 6.45) is 11.3. The lowest BCUT2D eigenvalue weighted by Gasteiger charge is -2.13. The molecule has 0 aromatic rings. The molecule has 7 nitrogen and oxygen atoms in total. The molecule has 0 saturated heterocycles. The Labute approximate surface area is 192 Å². The monoisotopic (exact) mass is 446 g/mol. The van der Waals surface area contributed by atoms with Crippen molar-refractivity contribution < 1.29 is 32.0 Å². The van der Waals surface area contributed by atoms with E-state index in [-0.39, 0.29) is 36.3 Å². The molecular weight excluding hydrogens is 409 g/mol. The summed E-state index contributed by atoms with van der Waals surface area (Å²) in [6.45, 7) is 4.50. The van der Waals surface area contributed by atoms with Gasteiger partial charge in [-0.25, -0.2) is 0 Å². The Hall–Kier alpha value is -0.384. The number of rotatable bonds is 18. The predicted molar refractivity (Wildman–Crippen MR) is 114 cm³/mol. The highest BCUT2D eigenvalue weighted by Crippen LogP contribution is 2.11. The molecule has 0 amide bonds. The van der Waals surface area contributed by atoms with Gasteiger partial charge in [-0.05, 0) is 12.8 Å². The Morgan fingerprint density at radius 2 is 1.17 bits per heavy atom. The van der Waals surface area contributed by atoms with Crippen LogP contribution in [0, 0.1) is 0 Å². The molecule has 0 aliphatic rings. The lowest BCUT2D eigenvalue weighted by atomic mass is 10.1. The average molecular weight is 447 g/mol. The summed E-state index contributed by atoms with van der Waals surface area (Å²) in [4.78, 5) is 23.8. The fourth-order valence-corrected chi connectivity index (χ4v) is 3.39. The second-order valence-corrected chi connectivity index (χ2v) is 8.73. The molecule has 0 heterocycles. The molecule has 0 fully saturated rings. The number of ether oxygens (including phenoxy) is 2. The highest BCUT2D eigenvalue weighted by Gasteiger charge is 2.35. The Morgan fingerprint density at radius 3 is 1.62 bits per heavy atom. The maximum Gasteiger partial charge on any atom is 0.327 e. The van der Waals surface area contributed by atoms with Crippen LogP contribution >= 0.6 is 0 Å². The fourth-order valence-electron chi connectivity index (χ4n) is 2.74. The van der Waals surface area contributed by atoms with E-state index in [0.29, 0.717) is 12.8 Å². The zero-order chi connectivity index (χ0) is 21.3. The number of hydrogen-bond donors (Lipinski definition) is 1. The largest absolute Gasteiger partial charge is 0.466 e. The molecule has 1 N–H and O–H groups in total. The van der Waals surface area contributed by atoms with Gasteiger partial charge in [0.15, 0.2) is 5.25 Å². The molecule has 9 heteroatoms. The van der Waals surface area contributed by atoms with Gasteiger partial charge in [0.1, 0.15) is 0 Å². The summed E-state index contributed by atoms with van der Waals surface area (Å²) in [6, 6.07) is 0. The lowest BCUT2D eigenvalue weighted by Crippen LogP contribution is -2.34.